The van der Waals surface area contributed by atoms with Gasteiger partial charge in [-0.25, -0.2) is 9.97 Å². The highest BCUT2D eigenvalue weighted by atomic mass is 16.5. The number of aromatic nitrogens is 4. The summed E-state index contributed by atoms with van der Waals surface area (Å²) >= 11 is 0. The molecular weight excluding hydrogens is 272 g/mol. The van der Waals surface area contributed by atoms with E-state index in [2.05, 4.69) is 20.1 Å². The summed E-state index contributed by atoms with van der Waals surface area (Å²) in [6.45, 7) is 6.13. The zero-order valence-electron chi connectivity index (χ0n) is 12.3. The molecule has 0 aromatic carbocycles. The molecule has 21 heavy (non-hydrogen) atoms. The predicted octanol–water partition coefficient (Wildman–Crippen LogP) is 2.22. The molecule has 0 fully saturated rings. The van der Waals surface area contributed by atoms with Crippen molar-refractivity contribution in [1.82, 2.24) is 20.1 Å². The van der Waals surface area contributed by atoms with Gasteiger partial charge in [0.15, 0.2) is 0 Å². The fourth-order valence-corrected chi connectivity index (χ4v) is 1.92. The smallest absolute Gasteiger partial charge is 0.318 e. The third-order valence-electron chi connectivity index (χ3n) is 2.83. The van der Waals surface area contributed by atoms with E-state index in [4.69, 9.17) is 9.26 Å². The lowest BCUT2D eigenvalue weighted by atomic mass is 9.97. The second-order valence-electron chi connectivity index (χ2n) is 4.99. The summed E-state index contributed by atoms with van der Waals surface area (Å²) in [6.07, 6.45) is 3.59. The van der Waals surface area contributed by atoms with Crippen molar-refractivity contribution in [3.05, 3.63) is 24.5 Å². The average molecular weight is 290 g/mol. The lowest BCUT2D eigenvalue weighted by Gasteiger charge is -2.13. The zero-order chi connectivity index (χ0) is 15.2. The number of carbonyl (C=O) groups is 1. The van der Waals surface area contributed by atoms with Gasteiger partial charge in [0.05, 0.1) is 6.61 Å². The first-order valence-electron chi connectivity index (χ1n) is 6.88. The van der Waals surface area contributed by atoms with Gasteiger partial charge in [0.25, 0.3) is 0 Å². The molecule has 0 N–H and O–H groups in total. The van der Waals surface area contributed by atoms with Gasteiger partial charge in [0.1, 0.15) is 17.9 Å². The van der Waals surface area contributed by atoms with E-state index in [1.165, 1.54) is 6.33 Å². The van der Waals surface area contributed by atoms with Crippen molar-refractivity contribution < 1.29 is 14.1 Å². The second kappa shape index (κ2) is 6.92. The van der Waals surface area contributed by atoms with E-state index in [0.29, 0.717) is 30.5 Å². The second-order valence-corrected chi connectivity index (χ2v) is 4.99. The van der Waals surface area contributed by atoms with Crippen LogP contribution in [0.2, 0.25) is 0 Å². The Labute approximate surface area is 122 Å². The Morgan fingerprint density at radius 2 is 2.24 bits per heavy atom. The molecule has 0 saturated carbocycles. The highest BCUT2D eigenvalue weighted by Crippen LogP contribution is 2.25. The van der Waals surface area contributed by atoms with E-state index in [1.54, 1.807) is 19.2 Å². The fourth-order valence-electron chi connectivity index (χ4n) is 1.92. The molecule has 2 aromatic rings. The number of nitrogens with zero attached hydrogens (tertiary/aromatic N) is 4. The highest BCUT2D eigenvalue weighted by molar-refractivity contribution is 5.76. The van der Waals surface area contributed by atoms with E-state index >= 15 is 0 Å². The molecule has 2 rings (SSSR count). The summed E-state index contributed by atoms with van der Waals surface area (Å²) in [4.78, 5) is 24.2. The number of ether oxygens (including phenoxy) is 1. The molecule has 7 heteroatoms. The monoisotopic (exact) mass is 290 g/mol. The van der Waals surface area contributed by atoms with E-state index in [9.17, 15) is 4.79 Å². The molecule has 0 spiro atoms. The number of carbonyl (C=O) groups excluding carboxylic acids is 1. The normalized spacial score (nSPS) is 12.4. The van der Waals surface area contributed by atoms with Gasteiger partial charge < -0.3 is 9.26 Å². The van der Waals surface area contributed by atoms with Gasteiger partial charge in [-0.05, 0) is 25.3 Å². The highest BCUT2D eigenvalue weighted by Gasteiger charge is 2.29. The van der Waals surface area contributed by atoms with Crippen LogP contribution in [0, 0.1) is 5.92 Å². The summed E-state index contributed by atoms with van der Waals surface area (Å²) in [5.74, 6) is 0.00662. The molecule has 2 heterocycles. The topological polar surface area (TPSA) is 91.0 Å². The summed E-state index contributed by atoms with van der Waals surface area (Å²) < 4.78 is 10.3. The lowest BCUT2D eigenvalue weighted by molar-refractivity contribution is -0.146. The van der Waals surface area contributed by atoms with Crippen LogP contribution in [0.25, 0.3) is 11.5 Å². The minimum Gasteiger partial charge on any atom is -0.465 e. The van der Waals surface area contributed by atoms with Crippen molar-refractivity contribution in [1.29, 1.82) is 0 Å². The molecule has 2 aromatic heterocycles. The van der Waals surface area contributed by atoms with Crippen molar-refractivity contribution in [3.63, 3.8) is 0 Å². The molecule has 0 amide bonds. The Morgan fingerprint density at radius 3 is 2.86 bits per heavy atom. The molecule has 0 radical (unpaired) electrons. The van der Waals surface area contributed by atoms with Gasteiger partial charge in [-0.15, -0.1) is 0 Å². The number of esters is 1. The molecule has 7 nitrogen and oxygen atoms in total. The van der Waals surface area contributed by atoms with Crippen LogP contribution in [0.3, 0.4) is 0 Å². The SMILES string of the molecule is CCOC(=O)C(CC(C)C)c1nc(-c2ccncn2)no1. The molecular formula is C14H18N4O3. The maximum atomic E-state index is 12.0. The first-order valence-corrected chi connectivity index (χ1v) is 6.88. The van der Waals surface area contributed by atoms with Gasteiger partial charge in [0, 0.05) is 6.20 Å². The van der Waals surface area contributed by atoms with Crippen LogP contribution < -0.4 is 0 Å². The Bertz CT molecular complexity index is 583. The van der Waals surface area contributed by atoms with Crippen LogP contribution in [-0.4, -0.2) is 32.7 Å². The molecule has 1 atom stereocenters. The standard InChI is InChI=1S/C14H18N4O3/c1-4-20-14(19)10(7-9(2)3)13-17-12(18-21-13)11-5-6-15-8-16-11/h5-6,8-10H,4,7H2,1-3H3. The Balaban J connectivity index is 2.25. The largest absolute Gasteiger partial charge is 0.465 e. The number of hydrogen-bond donors (Lipinski definition) is 0. The van der Waals surface area contributed by atoms with Gasteiger partial charge in [0.2, 0.25) is 11.7 Å². The van der Waals surface area contributed by atoms with E-state index in [-0.39, 0.29) is 11.9 Å². The van der Waals surface area contributed by atoms with Crippen molar-refractivity contribution >= 4 is 5.97 Å². The molecule has 112 valence electrons. The van der Waals surface area contributed by atoms with E-state index in [0.717, 1.165) is 0 Å². The van der Waals surface area contributed by atoms with Crippen molar-refractivity contribution in [3.8, 4) is 11.5 Å². The molecule has 0 aliphatic rings. The van der Waals surface area contributed by atoms with Crippen LogP contribution in [0.5, 0.6) is 0 Å². The third kappa shape index (κ3) is 3.84. The van der Waals surface area contributed by atoms with Gasteiger partial charge in [-0.2, -0.15) is 4.98 Å². The fraction of sp³-hybridized carbons (Fsp3) is 0.500. The van der Waals surface area contributed by atoms with Crippen LogP contribution in [-0.2, 0) is 9.53 Å². The van der Waals surface area contributed by atoms with Crippen molar-refractivity contribution in [2.24, 2.45) is 5.92 Å². The summed E-state index contributed by atoms with van der Waals surface area (Å²) in [7, 11) is 0. The summed E-state index contributed by atoms with van der Waals surface area (Å²) in [5, 5.41) is 3.87. The first kappa shape index (κ1) is 15.1. The van der Waals surface area contributed by atoms with Crippen LogP contribution >= 0.6 is 0 Å². The Kier molecular flexibility index (Phi) is 4.97. The van der Waals surface area contributed by atoms with E-state index in [1.807, 2.05) is 13.8 Å². The van der Waals surface area contributed by atoms with Crippen LogP contribution in [0.1, 0.15) is 39.0 Å². The maximum Gasteiger partial charge on any atom is 0.318 e. The van der Waals surface area contributed by atoms with Crippen molar-refractivity contribution in [2.75, 3.05) is 6.61 Å². The third-order valence-corrected chi connectivity index (χ3v) is 2.83. The summed E-state index contributed by atoms with van der Waals surface area (Å²) in [6, 6.07) is 1.68. The molecule has 0 saturated heterocycles. The van der Waals surface area contributed by atoms with Gasteiger partial charge >= 0.3 is 5.97 Å². The number of hydrogen-bond acceptors (Lipinski definition) is 7. The Hall–Kier alpha value is -2.31. The van der Waals surface area contributed by atoms with Gasteiger partial charge in [-0.1, -0.05) is 19.0 Å². The zero-order valence-corrected chi connectivity index (χ0v) is 12.3. The maximum absolute atomic E-state index is 12.0. The van der Waals surface area contributed by atoms with E-state index < -0.39 is 5.92 Å². The number of rotatable bonds is 6. The lowest BCUT2D eigenvalue weighted by Crippen LogP contribution is -2.18. The van der Waals surface area contributed by atoms with Crippen LogP contribution in [0.15, 0.2) is 23.1 Å². The first-order chi connectivity index (χ1) is 10.1. The predicted molar refractivity (Wildman–Crippen MR) is 74.2 cm³/mol. The average Bonchev–Trinajstić information content (AvgIpc) is 2.95. The molecule has 0 aliphatic carbocycles. The quantitative estimate of drug-likeness (QED) is 0.753. The minimum atomic E-state index is -0.548. The van der Waals surface area contributed by atoms with Crippen molar-refractivity contribution in [2.45, 2.75) is 33.1 Å². The van der Waals surface area contributed by atoms with Crippen LogP contribution in [0.4, 0.5) is 0 Å². The molecule has 0 bridgehead atoms. The minimum absolute atomic E-state index is 0.260. The summed E-state index contributed by atoms with van der Waals surface area (Å²) in [5.41, 5.74) is 0.548. The molecule has 0 aliphatic heterocycles. The van der Waals surface area contributed by atoms with Gasteiger partial charge in [-0.3, -0.25) is 4.79 Å². The molecule has 1 unspecified atom stereocenters. The Morgan fingerprint density at radius 1 is 1.43 bits per heavy atom.